The van der Waals surface area contributed by atoms with Crippen LogP contribution in [0.4, 0.5) is 0 Å². The summed E-state index contributed by atoms with van der Waals surface area (Å²) < 4.78 is 0. The molecule has 1 aromatic heterocycles. The van der Waals surface area contributed by atoms with Crippen molar-refractivity contribution in [2.45, 2.75) is 38.6 Å². The molecule has 0 aliphatic heterocycles. The van der Waals surface area contributed by atoms with Gasteiger partial charge in [0.05, 0.1) is 0 Å². The average Bonchev–Trinajstić information content (AvgIpc) is 3.10. The molecule has 0 saturated heterocycles. The van der Waals surface area contributed by atoms with Crippen molar-refractivity contribution in [2.24, 2.45) is 11.8 Å². The summed E-state index contributed by atoms with van der Waals surface area (Å²) in [5.41, 5.74) is 4.77. The van der Waals surface area contributed by atoms with E-state index in [-0.39, 0.29) is 0 Å². The molecule has 4 unspecified atom stereocenters. The molecule has 2 heteroatoms. The molecular weight excluding hydrogens is 274 g/mol. The monoisotopic (exact) mass is 297 g/mol. The summed E-state index contributed by atoms with van der Waals surface area (Å²) in [5.74, 6) is 2.48. The van der Waals surface area contributed by atoms with E-state index in [1.165, 1.54) is 17.7 Å². The number of rotatable bonds is 4. The summed E-state index contributed by atoms with van der Waals surface area (Å²) in [6, 6.07) is 12.0. The SMILES string of the molecule is CCNC(c1ccsc1C)C1C2CCc3ccccc3C21. The molecule has 1 heterocycles. The first-order valence-corrected chi connectivity index (χ1v) is 9.04. The van der Waals surface area contributed by atoms with Crippen molar-refractivity contribution in [3.8, 4) is 0 Å². The fraction of sp³-hybridized carbons (Fsp3) is 0.474. The van der Waals surface area contributed by atoms with Gasteiger partial charge in [-0.2, -0.15) is 0 Å². The minimum absolute atomic E-state index is 0.544. The van der Waals surface area contributed by atoms with Gasteiger partial charge in [-0.1, -0.05) is 31.2 Å². The maximum atomic E-state index is 3.78. The van der Waals surface area contributed by atoms with Gasteiger partial charge in [-0.3, -0.25) is 0 Å². The van der Waals surface area contributed by atoms with Crippen molar-refractivity contribution in [2.75, 3.05) is 6.54 Å². The van der Waals surface area contributed by atoms with E-state index in [2.05, 4.69) is 54.9 Å². The molecule has 2 aromatic rings. The number of hydrogen-bond acceptors (Lipinski definition) is 2. The Bertz CT molecular complexity index is 645. The Balaban J connectivity index is 1.67. The first kappa shape index (κ1) is 13.5. The number of fused-ring (bicyclic) bond motifs is 3. The van der Waals surface area contributed by atoms with Gasteiger partial charge in [-0.25, -0.2) is 0 Å². The molecule has 21 heavy (non-hydrogen) atoms. The Labute approximate surface area is 131 Å². The van der Waals surface area contributed by atoms with Gasteiger partial charge in [-0.15, -0.1) is 11.3 Å². The van der Waals surface area contributed by atoms with Crippen LogP contribution in [0.25, 0.3) is 0 Å². The van der Waals surface area contributed by atoms with E-state index >= 15 is 0 Å². The number of aryl methyl sites for hydroxylation is 2. The summed E-state index contributed by atoms with van der Waals surface area (Å²) in [5, 5.41) is 6.03. The van der Waals surface area contributed by atoms with E-state index < -0.39 is 0 Å². The van der Waals surface area contributed by atoms with Crippen molar-refractivity contribution in [3.63, 3.8) is 0 Å². The molecule has 4 atom stereocenters. The van der Waals surface area contributed by atoms with Crippen LogP contribution in [0.3, 0.4) is 0 Å². The second-order valence-electron chi connectivity index (χ2n) is 6.47. The Kier molecular flexibility index (Phi) is 3.39. The highest BCUT2D eigenvalue weighted by molar-refractivity contribution is 7.10. The van der Waals surface area contributed by atoms with Crippen molar-refractivity contribution >= 4 is 11.3 Å². The average molecular weight is 297 g/mol. The fourth-order valence-electron chi connectivity index (χ4n) is 4.46. The lowest BCUT2D eigenvalue weighted by Crippen LogP contribution is -2.23. The lowest BCUT2D eigenvalue weighted by atomic mass is 9.92. The van der Waals surface area contributed by atoms with Gasteiger partial charge in [-0.05, 0) is 72.2 Å². The molecular formula is C19H23NS. The van der Waals surface area contributed by atoms with Crippen LogP contribution in [-0.2, 0) is 6.42 Å². The molecule has 1 aromatic carbocycles. The molecule has 0 bridgehead atoms. The molecule has 2 aliphatic rings. The smallest absolute Gasteiger partial charge is 0.0368 e. The number of thiophene rings is 1. The third-order valence-electron chi connectivity index (χ3n) is 5.43. The summed E-state index contributed by atoms with van der Waals surface area (Å²) in [4.78, 5) is 1.48. The molecule has 2 aliphatic carbocycles. The van der Waals surface area contributed by atoms with Gasteiger partial charge < -0.3 is 5.32 Å². The Morgan fingerprint density at radius 3 is 2.90 bits per heavy atom. The zero-order chi connectivity index (χ0) is 14.4. The van der Waals surface area contributed by atoms with Gasteiger partial charge >= 0.3 is 0 Å². The van der Waals surface area contributed by atoms with Crippen molar-refractivity contribution in [1.82, 2.24) is 5.32 Å². The molecule has 0 spiro atoms. The van der Waals surface area contributed by atoms with Crippen molar-refractivity contribution in [3.05, 3.63) is 57.3 Å². The zero-order valence-corrected chi connectivity index (χ0v) is 13.6. The van der Waals surface area contributed by atoms with E-state index in [0.717, 1.165) is 24.3 Å². The van der Waals surface area contributed by atoms with E-state index in [4.69, 9.17) is 0 Å². The Morgan fingerprint density at radius 2 is 2.14 bits per heavy atom. The van der Waals surface area contributed by atoms with Crippen molar-refractivity contribution in [1.29, 1.82) is 0 Å². The molecule has 0 radical (unpaired) electrons. The Morgan fingerprint density at radius 1 is 1.29 bits per heavy atom. The zero-order valence-electron chi connectivity index (χ0n) is 12.8. The maximum absolute atomic E-state index is 3.78. The van der Waals surface area contributed by atoms with E-state index in [1.54, 1.807) is 16.7 Å². The topological polar surface area (TPSA) is 12.0 Å². The van der Waals surface area contributed by atoms with Crippen LogP contribution in [0.5, 0.6) is 0 Å². The van der Waals surface area contributed by atoms with E-state index in [0.29, 0.717) is 6.04 Å². The first-order valence-electron chi connectivity index (χ1n) is 8.16. The fourth-order valence-corrected chi connectivity index (χ4v) is 5.21. The van der Waals surface area contributed by atoms with Crippen LogP contribution in [0, 0.1) is 18.8 Å². The second-order valence-corrected chi connectivity index (χ2v) is 7.59. The summed E-state index contributed by atoms with van der Waals surface area (Å²) in [7, 11) is 0. The highest BCUT2D eigenvalue weighted by atomic mass is 32.1. The van der Waals surface area contributed by atoms with Crippen LogP contribution >= 0.6 is 11.3 Å². The predicted molar refractivity (Wildman–Crippen MR) is 90.0 cm³/mol. The number of nitrogens with one attached hydrogen (secondary N) is 1. The Hall–Kier alpha value is -1.12. The van der Waals surface area contributed by atoms with Crippen LogP contribution in [-0.4, -0.2) is 6.54 Å². The van der Waals surface area contributed by atoms with Crippen molar-refractivity contribution < 1.29 is 0 Å². The molecule has 4 rings (SSSR count). The molecule has 1 saturated carbocycles. The lowest BCUT2D eigenvalue weighted by molar-refractivity contribution is 0.460. The summed E-state index contributed by atoms with van der Waals surface area (Å²) >= 11 is 1.88. The largest absolute Gasteiger partial charge is 0.310 e. The minimum atomic E-state index is 0.544. The molecule has 1 nitrogen and oxygen atoms in total. The molecule has 0 amide bonds. The van der Waals surface area contributed by atoms with Gasteiger partial charge in [0, 0.05) is 10.9 Å². The van der Waals surface area contributed by atoms with E-state index in [9.17, 15) is 0 Å². The molecule has 1 N–H and O–H groups in total. The highest BCUT2D eigenvalue weighted by Crippen LogP contribution is 2.64. The molecule has 1 fully saturated rings. The minimum Gasteiger partial charge on any atom is -0.310 e. The quantitative estimate of drug-likeness (QED) is 0.863. The second kappa shape index (κ2) is 5.26. The van der Waals surface area contributed by atoms with Crippen LogP contribution in [0.15, 0.2) is 35.7 Å². The third kappa shape index (κ3) is 2.16. The summed E-state index contributed by atoms with van der Waals surface area (Å²) in [6.07, 6.45) is 2.65. The lowest BCUT2D eigenvalue weighted by Gasteiger charge is -2.19. The third-order valence-corrected chi connectivity index (χ3v) is 6.30. The number of benzene rings is 1. The van der Waals surface area contributed by atoms with E-state index in [1.807, 2.05) is 11.3 Å². The van der Waals surface area contributed by atoms with Crippen LogP contribution in [0.2, 0.25) is 0 Å². The predicted octanol–water partition coefficient (Wildman–Crippen LogP) is 4.68. The first-order chi connectivity index (χ1) is 10.3. The van der Waals surface area contributed by atoms with Crippen LogP contribution in [0.1, 0.15) is 46.9 Å². The van der Waals surface area contributed by atoms with Gasteiger partial charge in [0.2, 0.25) is 0 Å². The summed E-state index contributed by atoms with van der Waals surface area (Å²) in [6.45, 7) is 5.55. The standard InChI is InChI=1S/C19H23NS/c1-3-20-19(14-10-11-21-12(14)2)18-16-9-8-13-6-4-5-7-15(13)17(16)18/h4-7,10-11,16-20H,3,8-9H2,1-2H3. The molecule has 110 valence electrons. The van der Waals surface area contributed by atoms with Gasteiger partial charge in [0.15, 0.2) is 0 Å². The highest BCUT2D eigenvalue weighted by Gasteiger charge is 2.56. The van der Waals surface area contributed by atoms with Gasteiger partial charge in [0.25, 0.3) is 0 Å². The number of hydrogen-bond donors (Lipinski definition) is 1. The maximum Gasteiger partial charge on any atom is 0.0368 e. The van der Waals surface area contributed by atoms with Crippen LogP contribution < -0.4 is 5.32 Å². The normalized spacial score (nSPS) is 27.8. The van der Waals surface area contributed by atoms with Gasteiger partial charge in [0.1, 0.15) is 0 Å².